The van der Waals surface area contributed by atoms with E-state index in [1.807, 2.05) is 13.2 Å². The first-order valence-corrected chi connectivity index (χ1v) is 7.12. The van der Waals surface area contributed by atoms with Crippen molar-refractivity contribution in [1.29, 1.82) is 0 Å². The number of likely N-dealkylation sites (N-methyl/N-ethyl adjacent to an activating group) is 1. The molecule has 2 aliphatic rings. The highest BCUT2D eigenvalue weighted by molar-refractivity contribution is 9.12. The van der Waals surface area contributed by atoms with Gasteiger partial charge in [-0.3, -0.25) is 4.79 Å². The third kappa shape index (κ3) is 3.03. The molecule has 0 saturated carbocycles. The fourth-order valence-electron chi connectivity index (χ4n) is 2.34. The van der Waals surface area contributed by atoms with Crippen LogP contribution in [-0.4, -0.2) is 46.8 Å². The van der Waals surface area contributed by atoms with E-state index < -0.39 is 12.1 Å². The molecule has 23 heavy (non-hydrogen) atoms. The lowest BCUT2D eigenvalue weighted by Crippen LogP contribution is -2.37. The normalized spacial score (nSPS) is 16.8. The Bertz CT molecular complexity index is 762. The fraction of sp³-hybridized carbons (Fsp3) is 0.308. The molecule has 0 unspecified atom stereocenters. The summed E-state index contributed by atoms with van der Waals surface area (Å²) in [4.78, 5) is 23.8. The van der Waals surface area contributed by atoms with Crippen LogP contribution in [0.3, 0.4) is 0 Å². The smallest absolute Gasteiger partial charge is 0.430 e. The van der Waals surface area contributed by atoms with Crippen LogP contribution in [0, 0.1) is 0 Å². The highest BCUT2D eigenvalue weighted by atomic mass is 79.9. The largest absolute Gasteiger partial charge is 0.542 e. The third-order valence-electron chi connectivity index (χ3n) is 3.44. The van der Waals surface area contributed by atoms with Crippen molar-refractivity contribution in [3.63, 3.8) is 0 Å². The van der Waals surface area contributed by atoms with E-state index in [9.17, 15) is 18.0 Å². The maximum atomic E-state index is 12.0. The summed E-state index contributed by atoms with van der Waals surface area (Å²) in [6.45, 7) is 0.941. The van der Waals surface area contributed by atoms with Crippen LogP contribution in [0.25, 0.3) is 0 Å². The van der Waals surface area contributed by atoms with Gasteiger partial charge >= 0.3 is 6.18 Å². The first-order chi connectivity index (χ1) is 10.6. The first-order valence-electron chi connectivity index (χ1n) is 6.32. The number of carboxylic acids is 1. The van der Waals surface area contributed by atoms with Crippen molar-refractivity contribution >= 4 is 33.4 Å². The van der Waals surface area contributed by atoms with E-state index in [0.29, 0.717) is 10.2 Å². The van der Waals surface area contributed by atoms with Gasteiger partial charge in [0, 0.05) is 12.6 Å². The first kappa shape index (κ1) is 17.3. The minimum atomic E-state index is -5.19. The van der Waals surface area contributed by atoms with E-state index in [-0.39, 0.29) is 11.5 Å². The second kappa shape index (κ2) is 5.84. The summed E-state index contributed by atoms with van der Waals surface area (Å²) >= 11 is 3.42. The number of hydrogen-bond donors (Lipinski definition) is 2. The van der Waals surface area contributed by atoms with Gasteiger partial charge in [0.1, 0.15) is 35.4 Å². The molecular formula is C13H11BrF3N3O3. The van der Waals surface area contributed by atoms with Gasteiger partial charge in [-0.25, -0.2) is 4.58 Å². The monoisotopic (exact) mass is 393 g/mol. The predicted molar refractivity (Wildman–Crippen MR) is 75.2 cm³/mol. The number of carboxylic acid groups (broad SMARTS) is 1. The summed E-state index contributed by atoms with van der Waals surface area (Å²) in [6.07, 6.45) is -2.33. The number of nitrogens with zero attached hydrogens (tertiary/aromatic N) is 1. The molecule has 0 radical (unpaired) electrons. The molecule has 1 aromatic heterocycles. The number of ketones is 1. The van der Waals surface area contributed by atoms with E-state index in [0.717, 1.165) is 24.2 Å². The maximum absolute atomic E-state index is 12.0. The molecule has 0 saturated heterocycles. The van der Waals surface area contributed by atoms with Gasteiger partial charge in [0.05, 0.1) is 5.56 Å². The van der Waals surface area contributed by atoms with Crippen LogP contribution in [0.15, 0.2) is 16.4 Å². The van der Waals surface area contributed by atoms with Crippen molar-refractivity contribution in [2.45, 2.75) is 12.6 Å². The molecule has 2 heterocycles. The summed E-state index contributed by atoms with van der Waals surface area (Å²) in [7, 11) is 2.01. The molecule has 0 aromatic carbocycles. The Labute approximate surface area is 136 Å². The number of aromatic nitrogens is 1. The molecule has 0 spiro atoms. The molecule has 1 aromatic rings. The summed E-state index contributed by atoms with van der Waals surface area (Å²) < 4.78 is 34.4. The second-order valence-corrected chi connectivity index (χ2v) is 5.72. The quantitative estimate of drug-likeness (QED) is 0.608. The number of alkyl halides is 3. The molecular weight excluding hydrogens is 383 g/mol. The number of nitrogens with one attached hydrogen (secondary N) is 1. The van der Waals surface area contributed by atoms with Gasteiger partial charge < -0.3 is 20.6 Å². The van der Waals surface area contributed by atoms with Crippen molar-refractivity contribution in [2.24, 2.45) is 5.73 Å². The molecule has 0 amide bonds. The predicted octanol–water partition coefficient (Wildman–Crippen LogP) is 0.0623. The highest BCUT2D eigenvalue weighted by Crippen LogP contribution is 2.31. The number of allylic oxidation sites excluding steroid dienone is 2. The van der Waals surface area contributed by atoms with Crippen LogP contribution >= 0.6 is 15.9 Å². The number of carbonyl (C=O) groups is 2. The molecule has 124 valence electrons. The molecule has 0 bridgehead atoms. The van der Waals surface area contributed by atoms with Gasteiger partial charge in [-0.05, 0) is 21.5 Å². The lowest BCUT2D eigenvalue weighted by atomic mass is 9.92. The fourth-order valence-corrected chi connectivity index (χ4v) is 3.02. The molecule has 3 N–H and O–H groups in total. The van der Waals surface area contributed by atoms with Crippen LogP contribution in [-0.2, 0) is 11.2 Å². The van der Waals surface area contributed by atoms with Crippen molar-refractivity contribution < 1.29 is 32.4 Å². The zero-order valence-corrected chi connectivity index (χ0v) is 13.3. The molecule has 10 heteroatoms. The van der Waals surface area contributed by atoms with E-state index in [4.69, 9.17) is 15.6 Å². The Morgan fingerprint density at radius 2 is 2.04 bits per heavy atom. The number of Topliss-reactive ketones (excluding diaryl/α,β-unsaturated/α-hetero) is 1. The SMILES string of the molecule is C[N+]1=C2C(Br)=C(N)C(=O)c3[nH]cc(c32)CC1.O=C([O-])C(F)(F)F. The second-order valence-electron chi connectivity index (χ2n) is 4.93. The Balaban J connectivity index is 0.000000236. The molecule has 0 fully saturated rings. The number of carbonyl (C=O) groups excluding carboxylic acids is 2. The van der Waals surface area contributed by atoms with E-state index in [1.165, 1.54) is 5.56 Å². The van der Waals surface area contributed by atoms with Gasteiger partial charge in [0.15, 0.2) is 0 Å². The van der Waals surface area contributed by atoms with E-state index in [1.54, 1.807) is 0 Å². The average Bonchev–Trinajstić information content (AvgIpc) is 2.87. The van der Waals surface area contributed by atoms with Gasteiger partial charge in [-0.1, -0.05) is 0 Å². The van der Waals surface area contributed by atoms with Gasteiger partial charge in [-0.15, -0.1) is 0 Å². The van der Waals surface area contributed by atoms with Crippen LogP contribution in [0.5, 0.6) is 0 Å². The Morgan fingerprint density at radius 1 is 1.48 bits per heavy atom. The topological polar surface area (TPSA) is 102 Å². The molecule has 3 rings (SSSR count). The number of H-pyrrole nitrogens is 1. The minimum Gasteiger partial charge on any atom is -0.542 e. The van der Waals surface area contributed by atoms with Gasteiger partial charge in [0.2, 0.25) is 11.5 Å². The molecule has 0 atom stereocenters. The number of rotatable bonds is 0. The highest BCUT2D eigenvalue weighted by Gasteiger charge is 2.38. The Kier molecular flexibility index (Phi) is 4.38. The molecule has 1 aliphatic carbocycles. The zero-order chi connectivity index (χ0) is 17.5. The van der Waals surface area contributed by atoms with Crippen LogP contribution < -0.4 is 10.8 Å². The van der Waals surface area contributed by atoms with Crippen molar-refractivity contribution in [1.82, 2.24) is 4.98 Å². The van der Waals surface area contributed by atoms with Crippen molar-refractivity contribution in [3.8, 4) is 0 Å². The maximum Gasteiger partial charge on any atom is 0.430 e. The summed E-state index contributed by atoms with van der Waals surface area (Å²) in [5, 5.41) is 8.78. The third-order valence-corrected chi connectivity index (χ3v) is 4.25. The number of halogens is 4. The lowest BCUT2D eigenvalue weighted by molar-refractivity contribution is -0.497. The number of aromatic amines is 1. The van der Waals surface area contributed by atoms with E-state index in [2.05, 4.69) is 25.5 Å². The van der Waals surface area contributed by atoms with Crippen LogP contribution in [0.1, 0.15) is 21.6 Å². The van der Waals surface area contributed by atoms with Gasteiger partial charge in [-0.2, -0.15) is 13.2 Å². The standard InChI is InChI=1S/C11H10BrN3O.C2HF3O2/c1-15-3-2-5-4-14-9-6(5)10(15)7(12)8(13)11(9)16;3-2(4,5)1(6)7/h4H,2-3H2,1H3,(H2,13,14,16);(H,6,7). The van der Waals surface area contributed by atoms with Crippen molar-refractivity contribution in [2.75, 3.05) is 13.6 Å². The zero-order valence-electron chi connectivity index (χ0n) is 11.8. The molecule has 1 aliphatic heterocycles. The number of nitrogens with two attached hydrogens (primary N) is 1. The average molecular weight is 394 g/mol. The van der Waals surface area contributed by atoms with E-state index >= 15 is 0 Å². The lowest BCUT2D eigenvalue weighted by Gasteiger charge is -2.18. The minimum absolute atomic E-state index is 0.118. The number of aliphatic carboxylic acids is 1. The summed E-state index contributed by atoms with van der Waals surface area (Å²) in [5.74, 6) is -3.13. The summed E-state index contributed by atoms with van der Waals surface area (Å²) in [5.41, 5.74) is 9.95. The van der Waals surface area contributed by atoms with Crippen molar-refractivity contribution in [3.05, 3.63) is 33.2 Å². The van der Waals surface area contributed by atoms with Crippen LogP contribution in [0.4, 0.5) is 13.2 Å². The summed E-state index contributed by atoms with van der Waals surface area (Å²) in [6, 6.07) is 0. The van der Waals surface area contributed by atoms with Gasteiger partial charge in [0.25, 0.3) is 0 Å². The Morgan fingerprint density at radius 3 is 2.57 bits per heavy atom. The number of hydrogen-bond acceptors (Lipinski definition) is 4. The molecule has 6 nitrogen and oxygen atoms in total. The van der Waals surface area contributed by atoms with Crippen LogP contribution in [0.2, 0.25) is 0 Å². The Hall–Kier alpha value is -2.10.